The maximum atomic E-state index is 12.8. The molecular weight excluding hydrogens is 269 g/mol. The summed E-state index contributed by atoms with van der Waals surface area (Å²) in [6.07, 6.45) is 2.21. The summed E-state index contributed by atoms with van der Waals surface area (Å²) >= 11 is 0. The first-order valence-electron chi connectivity index (χ1n) is 6.79. The van der Waals surface area contributed by atoms with E-state index in [0.717, 1.165) is 5.56 Å². The van der Waals surface area contributed by atoms with Crippen LogP contribution in [0.15, 0.2) is 42.6 Å². The van der Waals surface area contributed by atoms with Gasteiger partial charge >= 0.3 is 0 Å². The molecule has 0 aliphatic rings. The van der Waals surface area contributed by atoms with Gasteiger partial charge in [0.05, 0.1) is 5.69 Å². The Morgan fingerprint density at radius 2 is 2.05 bits per heavy atom. The van der Waals surface area contributed by atoms with Crippen molar-refractivity contribution >= 4 is 5.91 Å². The number of hydrogen-bond donors (Lipinski definition) is 2. The van der Waals surface area contributed by atoms with Crippen LogP contribution in [0, 0.1) is 5.82 Å². The van der Waals surface area contributed by atoms with Gasteiger partial charge in [0.15, 0.2) is 0 Å². The van der Waals surface area contributed by atoms with Crippen molar-refractivity contribution < 1.29 is 9.18 Å². The molecule has 21 heavy (non-hydrogen) atoms. The average molecular weight is 287 g/mol. The smallest absolute Gasteiger partial charge is 0.251 e. The molecule has 0 bridgehead atoms. The Labute approximate surface area is 123 Å². The number of rotatable bonds is 5. The van der Waals surface area contributed by atoms with Gasteiger partial charge in [-0.15, -0.1) is 0 Å². The normalized spacial score (nSPS) is 12.0. The third kappa shape index (κ3) is 4.36. The standard InChI is InChI=1S/C16H18FN3O/c1-11(8-12-2-4-14(17)5-3-12)20-16(21)13-6-7-19-15(9-13)10-18/h2-7,9,11H,8,10,18H2,1H3,(H,20,21). The Balaban J connectivity index is 1.96. The van der Waals surface area contributed by atoms with Crippen molar-refractivity contribution in [1.82, 2.24) is 10.3 Å². The summed E-state index contributed by atoms with van der Waals surface area (Å²) in [5, 5.41) is 2.91. The SMILES string of the molecule is CC(Cc1ccc(F)cc1)NC(=O)c1ccnc(CN)c1. The van der Waals surface area contributed by atoms with Crippen molar-refractivity contribution in [2.45, 2.75) is 25.9 Å². The van der Waals surface area contributed by atoms with Gasteiger partial charge in [-0.05, 0) is 43.2 Å². The van der Waals surface area contributed by atoms with Crippen LogP contribution >= 0.6 is 0 Å². The monoisotopic (exact) mass is 287 g/mol. The molecule has 0 fully saturated rings. The average Bonchev–Trinajstić information content (AvgIpc) is 2.49. The van der Waals surface area contributed by atoms with Crippen LogP contribution in [0.3, 0.4) is 0 Å². The van der Waals surface area contributed by atoms with E-state index >= 15 is 0 Å². The maximum Gasteiger partial charge on any atom is 0.251 e. The van der Waals surface area contributed by atoms with Crippen LogP contribution in [-0.2, 0) is 13.0 Å². The van der Waals surface area contributed by atoms with Gasteiger partial charge < -0.3 is 11.1 Å². The Morgan fingerprint density at radius 3 is 2.71 bits per heavy atom. The van der Waals surface area contributed by atoms with Crippen LogP contribution in [-0.4, -0.2) is 16.9 Å². The van der Waals surface area contributed by atoms with Crippen LogP contribution in [0.1, 0.15) is 28.5 Å². The van der Waals surface area contributed by atoms with Crippen molar-refractivity contribution in [1.29, 1.82) is 0 Å². The molecule has 3 N–H and O–H groups in total. The van der Waals surface area contributed by atoms with E-state index < -0.39 is 0 Å². The fourth-order valence-electron chi connectivity index (χ4n) is 2.06. The van der Waals surface area contributed by atoms with Crippen LogP contribution in [0.25, 0.3) is 0 Å². The molecule has 0 saturated carbocycles. The zero-order chi connectivity index (χ0) is 15.2. The van der Waals surface area contributed by atoms with Gasteiger partial charge in [-0.2, -0.15) is 0 Å². The summed E-state index contributed by atoms with van der Waals surface area (Å²) in [4.78, 5) is 16.2. The highest BCUT2D eigenvalue weighted by Gasteiger charge is 2.11. The summed E-state index contributed by atoms with van der Waals surface area (Å²) in [5.41, 5.74) is 7.70. The number of benzene rings is 1. The van der Waals surface area contributed by atoms with E-state index in [1.54, 1.807) is 30.5 Å². The molecule has 110 valence electrons. The largest absolute Gasteiger partial charge is 0.349 e. The van der Waals surface area contributed by atoms with Crippen LogP contribution < -0.4 is 11.1 Å². The third-order valence-corrected chi connectivity index (χ3v) is 3.12. The number of nitrogens with one attached hydrogen (secondary N) is 1. The highest BCUT2D eigenvalue weighted by Crippen LogP contribution is 2.07. The molecule has 1 heterocycles. The zero-order valence-corrected chi connectivity index (χ0v) is 11.8. The van der Waals surface area contributed by atoms with Crippen molar-refractivity contribution in [3.05, 3.63) is 65.2 Å². The van der Waals surface area contributed by atoms with Crippen LogP contribution in [0.4, 0.5) is 4.39 Å². The first kappa shape index (κ1) is 15.1. The zero-order valence-electron chi connectivity index (χ0n) is 11.8. The van der Waals surface area contributed by atoms with E-state index in [1.165, 1.54) is 12.1 Å². The Kier molecular flexibility index (Phi) is 5.00. The molecule has 0 radical (unpaired) electrons. The molecular formula is C16H18FN3O. The van der Waals surface area contributed by atoms with Crippen molar-refractivity contribution in [2.24, 2.45) is 5.73 Å². The molecule has 4 nitrogen and oxygen atoms in total. The number of aromatic nitrogens is 1. The van der Waals surface area contributed by atoms with Gasteiger partial charge in [0.2, 0.25) is 0 Å². The molecule has 1 aromatic heterocycles. The molecule has 1 amide bonds. The molecule has 0 aliphatic heterocycles. The minimum atomic E-state index is -0.262. The van der Waals surface area contributed by atoms with E-state index in [9.17, 15) is 9.18 Å². The van der Waals surface area contributed by atoms with E-state index in [1.807, 2.05) is 6.92 Å². The first-order chi connectivity index (χ1) is 10.1. The molecule has 5 heteroatoms. The lowest BCUT2D eigenvalue weighted by Crippen LogP contribution is -2.34. The number of hydrogen-bond acceptors (Lipinski definition) is 3. The Hall–Kier alpha value is -2.27. The second-order valence-corrected chi connectivity index (χ2v) is 4.95. The summed E-state index contributed by atoms with van der Waals surface area (Å²) < 4.78 is 12.8. The topological polar surface area (TPSA) is 68.0 Å². The Bertz CT molecular complexity index is 613. The van der Waals surface area contributed by atoms with Gasteiger partial charge in [0, 0.05) is 24.3 Å². The lowest BCUT2D eigenvalue weighted by atomic mass is 10.1. The van der Waals surface area contributed by atoms with Gasteiger partial charge in [-0.25, -0.2) is 4.39 Å². The van der Waals surface area contributed by atoms with E-state index in [2.05, 4.69) is 10.3 Å². The fraction of sp³-hybridized carbons (Fsp3) is 0.250. The van der Waals surface area contributed by atoms with Gasteiger partial charge in [-0.1, -0.05) is 12.1 Å². The molecule has 0 saturated heterocycles. The minimum Gasteiger partial charge on any atom is -0.349 e. The number of pyridine rings is 1. The number of halogens is 1. The number of carbonyl (C=O) groups is 1. The summed E-state index contributed by atoms with van der Waals surface area (Å²) in [6.45, 7) is 2.21. The third-order valence-electron chi connectivity index (χ3n) is 3.12. The predicted octanol–water partition coefficient (Wildman–Crippen LogP) is 2.04. The molecule has 1 atom stereocenters. The number of amides is 1. The predicted molar refractivity (Wildman–Crippen MR) is 79.2 cm³/mol. The van der Waals surface area contributed by atoms with Crippen molar-refractivity contribution in [3.63, 3.8) is 0 Å². The molecule has 1 unspecified atom stereocenters. The number of nitrogens with zero attached hydrogens (tertiary/aromatic N) is 1. The van der Waals surface area contributed by atoms with Crippen LogP contribution in [0.5, 0.6) is 0 Å². The number of carbonyl (C=O) groups excluding carboxylic acids is 1. The highest BCUT2D eigenvalue weighted by atomic mass is 19.1. The summed E-state index contributed by atoms with van der Waals surface area (Å²) in [7, 11) is 0. The summed E-state index contributed by atoms with van der Waals surface area (Å²) in [6, 6.07) is 9.55. The van der Waals surface area contributed by atoms with E-state index in [-0.39, 0.29) is 17.8 Å². The summed E-state index contributed by atoms with van der Waals surface area (Å²) in [5.74, 6) is -0.428. The molecule has 0 spiro atoms. The van der Waals surface area contributed by atoms with Crippen molar-refractivity contribution in [2.75, 3.05) is 0 Å². The fourth-order valence-corrected chi connectivity index (χ4v) is 2.06. The van der Waals surface area contributed by atoms with E-state index in [0.29, 0.717) is 24.2 Å². The van der Waals surface area contributed by atoms with Crippen molar-refractivity contribution in [3.8, 4) is 0 Å². The molecule has 1 aromatic carbocycles. The molecule has 0 aliphatic carbocycles. The van der Waals surface area contributed by atoms with Gasteiger partial charge in [0.25, 0.3) is 5.91 Å². The first-order valence-corrected chi connectivity index (χ1v) is 6.79. The van der Waals surface area contributed by atoms with Gasteiger partial charge in [-0.3, -0.25) is 9.78 Å². The molecule has 2 aromatic rings. The van der Waals surface area contributed by atoms with Crippen LogP contribution in [0.2, 0.25) is 0 Å². The lowest BCUT2D eigenvalue weighted by molar-refractivity contribution is 0.0940. The molecule has 2 rings (SSSR count). The maximum absolute atomic E-state index is 12.8. The lowest BCUT2D eigenvalue weighted by Gasteiger charge is -2.14. The highest BCUT2D eigenvalue weighted by molar-refractivity contribution is 5.94. The number of nitrogens with two attached hydrogens (primary N) is 1. The second-order valence-electron chi connectivity index (χ2n) is 4.95. The van der Waals surface area contributed by atoms with E-state index in [4.69, 9.17) is 5.73 Å². The minimum absolute atomic E-state index is 0.0579. The van der Waals surface area contributed by atoms with Gasteiger partial charge in [0.1, 0.15) is 5.82 Å². The Morgan fingerprint density at radius 1 is 1.33 bits per heavy atom. The quantitative estimate of drug-likeness (QED) is 0.884. The second kappa shape index (κ2) is 6.95.